The molecule has 38 heavy (non-hydrogen) atoms. The molecule has 5 heterocycles. The molecule has 0 saturated carbocycles. The van der Waals surface area contributed by atoms with Crippen LogP contribution in [0.5, 0.6) is 0 Å². The van der Waals surface area contributed by atoms with Crippen LogP contribution in [-0.2, 0) is 11.2 Å². The predicted molar refractivity (Wildman–Crippen MR) is 142 cm³/mol. The van der Waals surface area contributed by atoms with Crippen LogP contribution in [0.15, 0.2) is 61.1 Å². The van der Waals surface area contributed by atoms with Gasteiger partial charge in [0.05, 0.1) is 0 Å². The molecule has 0 unspecified atom stereocenters. The normalized spacial score (nSPS) is 13.7. The summed E-state index contributed by atoms with van der Waals surface area (Å²) < 4.78 is 5.39. The van der Waals surface area contributed by atoms with Gasteiger partial charge >= 0.3 is 5.97 Å². The first-order valence-corrected chi connectivity index (χ1v) is 12.5. The van der Waals surface area contributed by atoms with Crippen molar-refractivity contribution in [2.45, 2.75) is 13.3 Å². The molecule has 0 aromatic carbocycles. The Morgan fingerprint density at radius 2 is 1.79 bits per heavy atom. The van der Waals surface area contributed by atoms with E-state index in [0.29, 0.717) is 42.0 Å². The van der Waals surface area contributed by atoms with E-state index < -0.39 is 5.97 Å². The summed E-state index contributed by atoms with van der Waals surface area (Å²) in [6.07, 6.45) is 5.48. The Balaban J connectivity index is 1.17. The number of aromatic nitrogens is 6. The molecule has 0 atom stereocenters. The molecule has 1 saturated heterocycles. The van der Waals surface area contributed by atoms with Crippen LogP contribution in [0.3, 0.4) is 0 Å². The number of piperazine rings is 1. The van der Waals surface area contributed by atoms with Crippen molar-refractivity contribution < 1.29 is 9.53 Å². The molecule has 11 nitrogen and oxygen atoms in total. The van der Waals surface area contributed by atoms with Gasteiger partial charge in [0.2, 0.25) is 0 Å². The minimum absolute atomic E-state index is 0.285. The number of nitrogens with zero attached hydrogens (tertiary/aromatic N) is 7. The number of nitrogens with one attached hydrogen (secondary N) is 2. The number of ether oxygens (including phenoxy) is 1. The van der Waals surface area contributed by atoms with Crippen molar-refractivity contribution in [1.29, 1.82) is 0 Å². The number of hydrogen-bond acceptors (Lipinski definition) is 11. The maximum Gasteiger partial charge on any atom is 0.356 e. The fourth-order valence-electron chi connectivity index (χ4n) is 4.01. The first-order valence-electron chi connectivity index (χ1n) is 12.5. The Morgan fingerprint density at radius 3 is 2.58 bits per heavy atom. The average molecular weight is 512 g/mol. The van der Waals surface area contributed by atoms with Gasteiger partial charge in [-0.05, 0) is 42.8 Å². The molecule has 0 amide bonds. The van der Waals surface area contributed by atoms with Crippen LogP contribution < -0.4 is 10.6 Å². The van der Waals surface area contributed by atoms with E-state index in [1.54, 1.807) is 36.8 Å². The van der Waals surface area contributed by atoms with Crippen molar-refractivity contribution in [3.63, 3.8) is 0 Å². The molecule has 194 valence electrons. The summed E-state index contributed by atoms with van der Waals surface area (Å²) in [7, 11) is 0. The highest BCUT2D eigenvalue weighted by atomic mass is 16.5. The maximum atomic E-state index is 12.3. The third kappa shape index (κ3) is 6.90. The highest BCUT2D eigenvalue weighted by Crippen LogP contribution is 2.17. The van der Waals surface area contributed by atoms with E-state index in [9.17, 15) is 4.79 Å². The molecule has 0 spiro atoms. The van der Waals surface area contributed by atoms with Crippen LogP contribution in [0.1, 0.15) is 27.6 Å². The first-order chi connectivity index (χ1) is 18.6. The van der Waals surface area contributed by atoms with Gasteiger partial charge in [0.1, 0.15) is 35.5 Å². The lowest BCUT2D eigenvalue weighted by molar-refractivity contribution is 0.0449. The van der Waals surface area contributed by atoms with Gasteiger partial charge in [0, 0.05) is 63.4 Å². The van der Waals surface area contributed by atoms with Crippen molar-refractivity contribution in [2.75, 3.05) is 44.6 Å². The summed E-state index contributed by atoms with van der Waals surface area (Å²) in [5.74, 6) is 1.93. The van der Waals surface area contributed by atoms with E-state index in [-0.39, 0.29) is 5.69 Å². The Labute approximate surface area is 220 Å². The summed E-state index contributed by atoms with van der Waals surface area (Å²) >= 11 is 0. The SMILES string of the molecule is Cc1cccc(-c2nccc(Nc3ccnc(Cc4ccc(C(=O)OCCN5CCNCC5)nc4)n3)n2)n1. The van der Waals surface area contributed by atoms with Crippen LogP contribution in [0.25, 0.3) is 11.5 Å². The zero-order chi connectivity index (χ0) is 26.2. The molecule has 0 bridgehead atoms. The number of esters is 1. The third-order valence-electron chi connectivity index (χ3n) is 5.98. The molecule has 4 aromatic rings. The van der Waals surface area contributed by atoms with Crippen molar-refractivity contribution >= 4 is 17.6 Å². The zero-order valence-electron chi connectivity index (χ0n) is 21.2. The molecular formula is C27H29N9O2. The molecule has 1 aliphatic rings. The molecule has 5 rings (SSSR count). The lowest BCUT2D eigenvalue weighted by Crippen LogP contribution is -2.44. The first kappa shape index (κ1) is 25.3. The van der Waals surface area contributed by atoms with E-state index >= 15 is 0 Å². The van der Waals surface area contributed by atoms with E-state index in [1.165, 1.54) is 0 Å². The Morgan fingerprint density at radius 1 is 0.974 bits per heavy atom. The molecule has 0 radical (unpaired) electrons. The monoisotopic (exact) mass is 511 g/mol. The van der Waals surface area contributed by atoms with E-state index in [4.69, 9.17) is 4.74 Å². The minimum atomic E-state index is -0.417. The molecule has 0 aliphatic carbocycles. The largest absolute Gasteiger partial charge is 0.460 e. The Hall–Kier alpha value is -4.35. The second-order valence-electron chi connectivity index (χ2n) is 8.87. The summed E-state index contributed by atoms with van der Waals surface area (Å²) in [6, 6.07) is 12.8. The number of carbonyl (C=O) groups excluding carboxylic acids is 1. The lowest BCUT2D eigenvalue weighted by atomic mass is 10.2. The smallest absolute Gasteiger partial charge is 0.356 e. The van der Waals surface area contributed by atoms with Gasteiger partial charge in [0.25, 0.3) is 0 Å². The minimum Gasteiger partial charge on any atom is -0.460 e. The van der Waals surface area contributed by atoms with Gasteiger partial charge in [-0.15, -0.1) is 0 Å². The van der Waals surface area contributed by atoms with Crippen LogP contribution in [0, 0.1) is 6.92 Å². The predicted octanol–water partition coefficient (Wildman–Crippen LogP) is 2.43. The number of anilines is 2. The fourth-order valence-corrected chi connectivity index (χ4v) is 4.01. The topological polar surface area (TPSA) is 131 Å². The van der Waals surface area contributed by atoms with Crippen molar-refractivity contribution in [3.8, 4) is 11.5 Å². The molecule has 11 heteroatoms. The number of hydrogen-bond donors (Lipinski definition) is 2. The second kappa shape index (κ2) is 12.3. The van der Waals surface area contributed by atoms with Gasteiger partial charge < -0.3 is 15.4 Å². The van der Waals surface area contributed by atoms with Gasteiger partial charge in [-0.1, -0.05) is 12.1 Å². The summed E-state index contributed by atoms with van der Waals surface area (Å²) in [4.78, 5) is 41.2. The molecule has 2 N–H and O–H groups in total. The van der Waals surface area contributed by atoms with Crippen molar-refractivity contribution in [2.24, 2.45) is 0 Å². The van der Waals surface area contributed by atoms with Crippen molar-refractivity contribution in [1.82, 2.24) is 40.1 Å². The molecular weight excluding hydrogens is 482 g/mol. The Kier molecular flexibility index (Phi) is 8.16. The van der Waals surface area contributed by atoms with Crippen LogP contribution in [-0.4, -0.2) is 80.1 Å². The summed E-state index contributed by atoms with van der Waals surface area (Å²) in [5.41, 5.74) is 2.77. The average Bonchev–Trinajstić information content (AvgIpc) is 2.94. The van der Waals surface area contributed by atoms with E-state index in [0.717, 1.165) is 44.0 Å². The van der Waals surface area contributed by atoms with Gasteiger partial charge in [0.15, 0.2) is 5.82 Å². The lowest BCUT2D eigenvalue weighted by Gasteiger charge is -2.26. The number of pyridine rings is 2. The highest BCUT2D eigenvalue weighted by Gasteiger charge is 2.13. The number of rotatable bonds is 9. The molecule has 4 aromatic heterocycles. The second-order valence-corrected chi connectivity index (χ2v) is 8.87. The maximum absolute atomic E-state index is 12.3. The number of carbonyl (C=O) groups is 1. The van der Waals surface area contributed by atoms with E-state index in [1.807, 2.05) is 31.2 Å². The highest BCUT2D eigenvalue weighted by molar-refractivity contribution is 5.87. The van der Waals surface area contributed by atoms with Crippen LogP contribution >= 0.6 is 0 Å². The van der Waals surface area contributed by atoms with Crippen LogP contribution in [0.4, 0.5) is 11.6 Å². The molecule has 1 fully saturated rings. The fraction of sp³-hybridized carbons (Fsp3) is 0.296. The Bertz CT molecular complexity index is 1380. The van der Waals surface area contributed by atoms with Gasteiger partial charge in [-0.3, -0.25) is 4.90 Å². The number of aryl methyl sites for hydroxylation is 1. The molecule has 1 aliphatic heterocycles. The zero-order valence-corrected chi connectivity index (χ0v) is 21.2. The summed E-state index contributed by atoms with van der Waals surface area (Å²) in [5, 5.41) is 6.51. The van der Waals surface area contributed by atoms with E-state index in [2.05, 4.69) is 45.4 Å². The quantitative estimate of drug-likeness (QED) is 0.321. The van der Waals surface area contributed by atoms with Crippen molar-refractivity contribution in [3.05, 3.63) is 83.8 Å². The third-order valence-corrected chi connectivity index (χ3v) is 5.98. The van der Waals surface area contributed by atoms with Gasteiger partial charge in [-0.25, -0.2) is 34.7 Å². The summed E-state index contributed by atoms with van der Waals surface area (Å²) in [6.45, 7) is 6.87. The van der Waals surface area contributed by atoms with Crippen LogP contribution in [0.2, 0.25) is 0 Å². The van der Waals surface area contributed by atoms with Gasteiger partial charge in [-0.2, -0.15) is 0 Å². The standard InChI is InChI=1S/C27H29N9O2/c1-19-3-2-4-21(32-19)26-30-10-8-24(35-26)33-23-7-9-29-25(34-23)17-20-5-6-22(31-18-20)27(37)38-16-15-36-13-11-28-12-14-36/h2-10,18,28H,11-17H2,1H3,(H,29,30,33,34,35).